The van der Waals surface area contributed by atoms with E-state index in [1.54, 1.807) is 6.20 Å². The molecule has 2 unspecified atom stereocenters. The summed E-state index contributed by atoms with van der Waals surface area (Å²) in [5.74, 6) is 1.76. The predicted octanol–water partition coefficient (Wildman–Crippen LogP) is 3.65. The first-order chi connectivity index (χ1) is 8.08. The van der Waals surface area contributed by atoms with E-state index in [2.05, 4.69) is 18.8 Å². The average molecular weight is 231 g/mol. The number of rotatable bonds is 2. The van der Waals surface area contributed by atoms with Gasteiger partial charge in [0.15, 0.2) is 5.78 Å². The van der Waals surface area contributed by atoms with Crippen LogP contribution in [0.2, 0.25) is 0 Å². The second-order valence-corrected chi connectivity index (χ2v) is 5.65. The van der Waals surface area contributed by atoms with Gasteiger partial charge in [-0.1, -0.05) is 19.9 Å². The van der Waals surface area contributed by atoms with Crippen LogP contribution in [-0.2, 0) is 0 Å². The van der Waals surface area contributed by atoms with Crippen molar-refractivity contribution in [3.8, 4) is 0 Å². The van der Waals surface area contributed by atoms with Crippen LogP contribution in [0.15, 0.2) is 18.3 Å². The van der Waals surface area contributed by atoms with Crippen LogP contribution in [0.5, 0.6) is 0 Å². The zero-order valence-electron chi connectivity index (χ0n) is 10.9. The summed E-state index contributed by atoms with van der Waals surface area (Å²) < 4.78 is 0. The molecule has 2 rings (SSSR count). The molecule has 1 aromatic heterocycles. The SMILES string of the molecule is Cc1cccnc1C(=O)C1CC(C)CC(C)C1. The highest BCUT2D eigenvalue weighted by Gasteiger charge is 2.30. The third-order valence-electron chi connectivity index (χ3n) is 3.79. The number of ketones is 1. The van der Waals surface area contributed by atoms with Crippen LogP contribution in [0.3, 0.4) is 0 Å². The standard InChI is InChI=1S/C15H21NO/c1-10-7-11(2)9-13(8-10)15(17)14-12(3)5-4-6-16-14/h4-6,10-11,13H,7-9H2,1-3H3. The summed E-state index contributed by atoms with van der Waals surface area (Å²) >= 11 is 0. The van der Waals surface area contributed by atoms with Crippen LogP contribution >= 0.6 is 0 Å². The van der Waals surface area contributed by atoms with Crippen molar-refractivity contribution in [2.24, 2.45) is 17.8 Å². The fourth-order valence-electron chi connectivity index (χ4n) is 3.10. The lowest BCUT2D eigenvalue weighted by Crippen LogP contribution is -2.27. The quantitative estimate of drug-likeness (QED) is 0.727. The van der Waals surface area contributed by atoms with Crippen LogP contribution in [0.4, 0.5) is 0 Å². The number of hydrogen-bond donors (Lipinski definition) is 0. The van der Waals surface area contributed by atoms with Gasteiger partial charge in [0.1, 0.15) is 5.69 Å². The van der Waals surface area contributed by atoms with Crippen molar-refractivity contribution in [3.63, 3.8) is 0 Å². The van der Waals surface area contributed by atoms with Gasteiger partial charge in [-0.05, 0) is 49.7 Å². The first-order valence-corrected chi connectivity index (χ1v) is 6.53. The molecule has 2 heteroatoms. The Hall–Kier alpha value is -1.18. The molecule has 0 N–H and O–H groups in total. The summed E-state index contributed by atoms with van der Waals surface area (Å²) in [6.07, 6.45) is 5.03. The molecular weight excluding hydrogens is 210 g/mol. The highest BCUT2D eigenvalue weighted by Crippen LogP contribution is 2.34. The molecule has 92 valence electrons. The summed E-state index contributed by atoms with van der Waals surface area (Å²) in [6.45, 7) is 6.47. The molecule has 0 amide bonds. The minimum absolute atomic E-state index is 0.183. The van der Waals surface area contributed by atoms with Gasteiger partial charge in [-0.15, -0.1) is 0 Å². The number of aryl methyl sites for hydroxylation is 1. The number of pyridine rings is 1. The highest BCUT2D eigenvalue weighted by molar-refractivity contribution is 5.97. The summed E-state index contributed by atoms with van der Waals surface area (Å²) in [4.78, 5) is 16.7. The lowest BCUT2D eigenvalue weighted by molar-refractivity contribution is 0.0830. The molecule has 0 saturated heterocycles. The number of Topliss-reactive ketones (excluding diaryl/α,β-unsaturated/α-hetero) is 1. The molecule has 17 heavy (non-hydrogen) atoms. The Morgan fingerprint density at radius 3 is 2.47 bits per heavy atom. The molecule has 1 fully saturated rings. The molecule has 2 atom stereocenters. The van der Waals surface area contributed by atoms with Crippen molar-refractivity contribution in [3.05, 3.63) is 29.6 Å². The van der Waals surface area contributed by atoms with E-state index < -0.39 is 0 Å². The molecule has 0 radical (unpaired) electrons. The van der Waals surface area contributed by atoms with Crippen molar-refractivity contribution in [2.75, 3.05) is 0 Å². The minimum atomic E-state index is 0.183. The Balaban J connectivity index is 2.17. The topological polar surface area (TPSA) is 30.0 Å². The maximum Gasteiger partial charge on any atom is 0.184 e. The first-order valence-electron chi connectivity index (χ1n) is 6.53. The molecule has 1 aliphatic rings. The van der Waals surface area contributed by atoms with E-state index in [9.17, 15) is 4.79 Å². The van der Waals surface area contributed by atoms with Crippen molar-refractivity contribution in [1.82, 2.24) is 4.98 Å². The van der Waals surface area contributed by atoms with Crippen LogP contribution in [0.25, 0.3) is 0 Å². The highest BCUT2D eigenvalue weighted by atomic mass is 16.1. The van der Waals surface area contributed by atoms with Gasteiger partial charge in [-0.25, -0.2) is 0 Å². The largest absolute Gasteiger partial charge is 0.292 e. The molecular formula is C15H21NO. The molecule has 0 spiro atoms. The minimum Gasteiger partial charge on any atom is -0.292 e. The molecule has 0 aliphatic heterocycles. The molecule has 1 aromatic rings. The van der Waals surface area contributed by atoms with Crippen LogP contribution in [-0.4, -0.2) is 10.8 Å². The van der Waals surface area contributed by atoms with Crippen molar-refractivity contribution in [1.29, 1.82) is 0 Å². The van der Waals surface area contributed by atoms with Gasteiger partial charge >= 0.3 is 0 Å². The Kier molecular flexibility index (Phi) is 3.60. The van der Waals surface area contributed by atoms with Gasteiger partial charge in [0.05, 0.1) is 0 Å². The number of carbonyl (C=O) groups is 1. The molecule has 0 aromatic carbocycles. The summed E-state index contributed by atoms with van der Waals surface area (Å²) in [6, 6.07) is 3.86. The fourth-order valence-corrected chi connectivity index (χ4v) is 3.10. The van der Waals surface area contributed by atoms with E-state index in [1.165, 1.54) is 6.42 Å². The normalized spacial score (nSPS) is 29.0. The Morgan fingerprint density at radius 1 is 1.24 bits per heavy atom. The van der Waals surface area contributed by atoms with Crippen LogP contribution in [0, 0.1) is 24.7 Å². The van der Waals surface area contributed by atoms with E-state index in [1.807, 2.05) is 19.1 Å². The number of aromatic nitrogens is 1. The van der Waals surface area contributed by atoms with E-state index >= 15 is 0 Å². The van der Waals surface area contributed by atoms with Crippen LogP contribution < -0.4 is 0 Å². The molecule has 2 nitrogen and oxygen atoms in total. The van der Waals surface area contributed by atoms with Crippen LogP contribution in [0.1, 0.15) is 49.2 Å². The Bertz CT molecular complexity index is 403. The monoisotopic (exact) mass is 231 g/mol. The molecule has 1 saturated carbocycles. The summed E-state index contributed by atoms with van der Waals surface area (Å²) in [5, 5.41) is 0. The average Bonchev–Trinajstić information content (AvgIpc) is 2.27. The zero-order valence-corrected chi connectivity index (χ0v) is 10.9. The first kappa shape index (κ1) is 12.3. The van der Waals surface area contributed by atoms with Crippen molar-refractivity contribution >= 4 is 5.78 Å². The lowest BCUT2D eigenvalue weighted by atomic mass is 9.74. The second-order valence-electron chi connectivity index (χ2n) is 5.65. The third kappa shape index (κ3) is 2.74. The van der Waals surface area contributed by atoms with Gasteiger partial charge in [0.2, 0.25) is 0 Å². The Labute approximate surface area is 103 Å². The fraction of sp³-hybridized carbons (Fsp3) is 0.600. The van der Waals surface area contributed by atoms with E-state index in [4.69, 9.17) is 0 Å². The van der Waals surface area contributed by atoms with Gasteiger partial charge < -0.3 is 0 Å². The van der Waals surface area contributed by atoms with E-state index in [0.29, 0.717) is 17.5 Å². The number of hydrogen-bond acceptors (Lipinski definition) is 2. The molecule has 1 heterocycles. The molecule has 1 aliphatic carbocycles. The predicted molar refractivity (Wildman–Crippen MR) is 69.0 cm³/mol. The van der Waals surface area contributed by atoms with Crippen molar-refractivity contribution < 1.29 is 4.79 Å². The maximum atomic E-state index is 12.4. The number of carbonyl (C=O) groups excluding carboxylic acids is 1. The second kappa shape index (κ2) is 4.99. The van der Waals surface area contributed by atoms with Crippen molar-refractivity contribution in [2.45, 2.75) is 40.0 Å². The summed E-state index contributed by atoms with van der Waals surface area (Å²) in [5.41, 5.74) is 1.68. The summed E-state index contributed by atoms with van der Waals surface area (Å²) in [7, 11) is 0. The third-order valence-corrected chi connectivity index (χ3v) is 3.79. The smallest absolute Gasteiger partial charge is 0.184 e. The van der Waals surface area contributed by atoms with E-state index in [-0.39, 0.29) is 11.7 Å². The van der Waals surface area contributed by atoms with Gasteiger partial charge in [0.25, 0.3) is 0 Å². The Morgan fingerprint density at radius 2 is 1.88 bits per heavy atom. The van der Waals surface area contributed by atoms with Gasteiger partial charge in [0, 0.05) is 12.1 Å². The maximum absolute atomic E-state index is 12.4. The lowest BCUT2D eigenvalue weighted by Gasteiger charge is -2.30. The molecule has 0 bridgehead atoms. The van der Waals surface area contributed by atoms with Gasteiger partial charge in [-0.2, -0.15) is 0 Å². The van der Waals surface area contributed by atoms with E-state index in [0.717, 1.165) is 18.4 Å². The zero-order chi connectivity index (χ0) is 12.4. The number of nitrogens with zero attached hydrogens (tertiary/aromatic N) is 1. The van der Waals surface area contributed by atoms with Gasteiger partial charge in [-0.3, -0.25) is 9.78 Å².